The fourth-order valence-electron chi connectivity index (χ4n) is 3.66. The topological polar surface area (TPSA) is 131 Å². The van der Waals surface area contributed by atoms with E-state index in [9.17, 15) is 16.8 Å². The van der Waals surface area contributed by atoms with E-state index in [0.717, 1.165) is 21.6 Å². The molecule has 0 bridgehead atoms. The lowest BCUT2D eigenvalue weighted by atomic mass is 10.2. The van der Waals surface area contributed by atoms with E-state index in [1.165, 1.54) is 29.5 Å². The lowest BCUT2D eigenvalue weighted by Crippen LogP contribution is -2.12. The number of aromatic nitrogens is 2. The number of thiophene rings is 1. The number of oxazole rings is 1. The summed E-state index contributed by atoms with van der Waals surface area (Å²) in [5.41, 5.74) is 4.64. The van der Waals surface area contributed by atoms with Crippen LogP contribution in [0.5, 0.6) is 0 Å². The molecular formula is C24H15ClN4O5S4. The maximum Gasteiger partial charge on any atom is 0.271 e. The van der Waals surface area contributed by atoms with Gasteiger partial charge in [-0.2, -0.15) is 0 Å². The monoisotopic (exact) mass is 602 g/mol. The Morgan fingerprint density at radius 2 is 1.55 bits per heavy atom. The molecule has 6 aromatic rings. The summed E-state index contributed by atoms with van der Waals surface area (Å²) in [5, 5.41) is 0. The van der Waals surface area contributed by atoms with E-state index in [0.29, 0.717) is 38.3 Å². The smallest absolute Gasteiger partial charge is 0.271 e. The van der Waals surface area contributed by atoms with Crippen molar-refractivity contribution < 1.29 is 21.3 Å². The molecule has 0 atom stereocenters. The Balaban J connectivity index is 1.21. The first-order valence-corrected chi connectivity index (χ1v) is 15.9. The van der Waals surface area contributed by atoms with Crippen molar-refractivity contribution in [2.75, 3.05) is 9.44 Å². The molecule has 3 aromatic heterocycles. The number of hydrogen-bond donors (Lipinski definition) is 2. The zero-order valence-electron chi connectivity index (χ0n) is 19.0. The van der Waals surface area contributed by atoms with Crippen LogP contribution in [0, 0.1) is 0 Å². The molecule has 3 heterocycles. The fourth-order valence-corrected chi connectivity index (χ4v) is 8.07. The summed E-state index contributed by atoms with van der Waals surface area (Å²) >= 11 is 8.19. The van der Waals surface area contributed by atoms with Gasteiger partial charge < -0.3 is 4.42 Å². The lowest BCUT2D eigenvalue weighted by molar-refractivity contribution is 0.600. The second-order valence-electron chi connectivity index (χ2n) is 8.03. The summed E-state index contributed by atoms with van der Waals surface area (Å²) in [4.78, 5) is 8.78. The highest BCUT2D eigenvalue weighted by Crippen LogP contribution is 2.31. The first-order chi connectivity index (χ1) is 18.2. The van der Waals surface area contributed by atoms with Crippen LogP contribution in [0.4, 0.5) is 11.4 Å². The number of sulfonamides is 2. The van der Waals surface area contributed by atoms with Gasteiger partial charge in [-0.3, -0.25) is 9.44 Å². The van der Waals surface area contributed by atoms with Crippen molar-refractivity contribution in [1.29, 1.82) is 0 Å². The number of nitrogens with zero attached hydrogens (tertiary/aromatic N) is 2. The number of halogens is 1. The van der Waals surface area contributed by atoms with E-state index in [4.69, 9.17) is 16.0 Å². The molecule has 6 rings (SSSR count). The minimum Gasteiger partial charge on any atom is -0.436 e. The number of thiazole rings is 1. The average molecular weight is 603 g/mol. The Morgan fingerprint density at radius 3 is 2.32 bits per heavy atom. The van der Waals surface area contributed by atoms with E-state index in [-0.39, 0.29) is 9.10 Å². The second-order valence-corrected chi connectivity index (χ2v) is 14.2. The zero-order chi connectivity index (χ0) is 26.5. The third-order valence-corrected chi connectivity index (χ3v) is 10.7. The van der Waals surface area contributed by atoms with Crippen LogP contribution >= 0.6 is 34.3 Å². The molecule has 192 valence electrons. The van der Waals surface area contributed by atoms with Gasteiger partial charge >= 0.3 is 0 Å². The summed E-state index contributed by atoms with van der Waals surface area (Å²) in [5.74, 6) is 0.301. The van der Waals surface area contributed by atoms with Gasteiger partial charge in [-0.05, 0) is 72.8 Å². The van der Waals surface area contributed by atoms with Crippen molar-refractivity contribution in [3.05, 3.63) is 82.6 Å². The molecule has 0 aliphatic rings. The number of fused-ring (bicyclic) bond motifs is 2. The van der Waals surface area contributed by atoms with Crippen LogP contribution in [0.1, 0.15) is 0 Å². The van der Waals surface area contributed by atoms with Gasteiger partial charge in [-0.15, -0.1) is 22.7 Å². The van der Waals surface area contributed by atoms with Crippen LogP contribution in [0.3, 0.4) is 0 Å². The van der Waals surface area contributed by atoms with Crippen molar-refractivity contribution >= 4 is 87.0 Å². The van der Waals surface area contributed by atoms with Gasteiger partial charge in [0, 0.05) is 11.3 Å². The standard InChI is InChI=1S/C24H15ClN4O5S4/c25-22-9-10-23(36-22)38(32,33)29-16-5-8-20-19(11-16)27-24(34-20)14-1-3-15(4-2-14)28-37(30,31)17-6-7-18-21(12-17)35-13-26-18/h1-13,28-29H. The van der Waals surface area contributed by atoms with Crippen molar-refractivity contribution in [3.8, 4) is 11.5 Å². The van der Waals surface area contributed by atoms with Gasteiger partial charge in [-0.25, -0.2) is 26.8 Å². The van der Waals surface area contributed by atoms with Gasteiger partial charge in [0.1, 0.15) is 9.73 Å². The quantitative estimate of drug-likeness (QED) is 0.215. The van der Waals surface area contributed by atoms with E-state index in [1.54, 1.807) is 60.1 Å². The van der Waals surface area contributed by atoms with Crippen LogP contribution in [-0.4, -0.2) is 26.8 Å². The van der Waals surface area contributed by atoms with Crippen molar-refractivity contribution in [2.24, 2.45) is 0 Å². The normalized spacial score (nSPS) is 12.2. The lowest BCUT2D eigenvalue weighted by Gasteiger charge is -2.08. The zero-order valence-corrected chi connectivity index (χ0v) is 23.0. The average Bonchev–Trinajstić information content (AvgIpc) is 3.63. The fraction of sp³-hybridized carbons (Fsp3) is 0. The molecule has 0 unspecified atom stereocenters. The number of benzene rings is 3. The molecule has 0 amide bonds. The first-order valence-electron chi connectivity index (χ1n) is 10.8. The Morgan fingerprint density at radius 1 is 0.789 bits per heavy atom. The SMILES string of the molecule is O=S(=O)(Nc1ccc(-c2nc3cc(NS(=O)(=O)c4ccc(Cl)s4)ccc3o2)cc1)c1ccc2ncsc2c1. The van der Waals surface area contributed by atoms with Crippen molar-refractivity contribution in [3.63, 3.8) is 0 Å². The number of hydrogen-bond acceptors (Lipinski definition) is 9. The molecule has 38 heavy (non-hydrogen) atoms. The molecular weight excluding hydrogens is 588 g/mol. The molecule has 0 aliphatic carbocycles. The molecule has 0 saturated heterocycles. The molecule has 0 fully saturated rings. The Kier molecular flexibility index (Phi) is 6.12. The number of anilines is 2. The molecule has 0 saturated carbocycles. The summed E-state index contributed by atoms with van der Waals surface area (Å²) in [7, 11) is -7.58. The third kappa shape index (κ3) is 4.86. The molecule has 9 nitrogen and oxygen atoms in total. The van der Waals surface area contributed by atoms with E-state index >= 15 is 0 Å². The van der Waals surface area contributed by atoms with Crippen LogP contribution < -0.4 is 9.44 Å². The first kappa shape index (κ1) is 24.8. The van der Waals surface area contributed by atoms with Crippen molar-refractivity contribution in [1.82, 2.24) is 9.97 Å². The molecule has 0 spiro atoms. The highest BCUT2D eigenvalue weighted by Gasteiger charge is 2.19. The molecule has 0 aliphatic heterocycles. The van der Waals surface area contributed by atoms with E-state index < -0.39 is 20.0 Å². The maximum absolute atomic E-state index is 12.8. The highest BCUT2D eigenvalue weighted by atomic mass is 35.5. The summed E-state index contributed by atoms with van der Waals surface area (Å²) in [6.07, 6.45) is 0. The maximum atomic E-state index is 12.8. The van der Waals surface area contributed by atoms with Gasteiger partial charge in [0.25, 0.3) is 20.0 Å². The van der Waals surface area contributed by atoms with Gasteiger partial charge in [-0.1, -0.05) is 11.6 Å². The van der Waals surface area contributed by atoms with Crippen LogP contribution in [0.15, 0.2) is 91.8 Å². The number of rotatable bonds is 7. The molecule has 2 N–H and O–H groups in total. The third-order valence-electron chi connectivity index (χ3n) is 5.45. The minimum absolute atomic E-state index is 0.100. The Hall–Kier alpha value is -3.49. The van der Waals surface area contributed by atoms with E-state index in [2.05, 4.69) is 19.4 Å². The summed E-state index contributed by atoms with van der Waals surface area (Å²) in [6.45, 7) is 0. The second kappa shape index (κ2) is 9.36. The van der Waals surface area contributed by atoms with Gasteiger partial charge in [0.2, 0.25) is 5.89 Å². The van der Waals surface area contributed by atoms with Gasteiger partial charge in [0.15, 0.2) is 5.58 Å². The van der Waals surface area contributed by atoms with Gasteiger partial charge in [0.05, 0.1) is 30.6 Å². The molecule has 14 heteroatoms. The largest absolute Gasteiger partial charge is 0.436 e. The van der Waals surface area contributed by atoms with Crippen LogP contribution in [0.25, 0.3) is 32.8 Å². The molecule has 3 aromatic carbocycles. The Bertz CT molecular complexity index is 2030. The predicted molar refractivity (Wildman–Crippen MR) is 150 cm³/mol. The summed E-state index contributed by atoms with van der Waals surface area (Å²) in [6, 6.07) is 19.1. The Labute approximate surface area is 229 Å². The highest BCUT2D eigenvalue weighted by molar-refractivity contribution is 7.94. The van der Waals surface area contributed by atoms with E-state index in [1.807, 2.05) is 0 Å². The van der Waals surface area contributed by atoms with Crippen LogP contribution in [0.2, 0.25) is 4.34 Å². The van der Waals surface area contributed by atoms with Crippen molar-refractivity contribution in [2.45, 2.75) is 9.10 Å². The summed E-state index contributed by atoms with van der Waals surface area (Å²) < 4.78 is 63.0. The minimum atomic E-state index is -3.79. The van der Waals surface area contributed by atoms with Crippen LogP contribution in [-0.2, 0) is 20.0 Å². The number of nitrogens with one attached hydrogen (secondary N) is 2. The molecule has 0 radical (unpaired) electrons. The predicted octanol–water partition coefficient (Wildman–Crippen LogP) is 6.42.